The number of benzene rings is 1. The monoisotopic (exact) mass is 229 g/mol. The number of hydrogen-bond donors (Lipinski definition) is 0. The third-order valence-electron chi connectivity index (χ3n) is 3.16. The van der Waals surface area contributed by atoms with E-state index < -0.39 is 0 Å². The van der Waals surface area contributed by atoms with Crippen molar-refractivity contribution in [1.29, 1.82) is 0 Å². The zero-order valence-corrected chi connectivity index (χ0v) is 11.5. The van der Waals surface area contributed by atoms with Gasteiger partial charge in [0.05, 0.1) is 0 Å². The highest BCUT2D eigenvalue weighted by Crippen LogP contribution is 2.22. The lowest BCUT2D eigenvalue weighted by Gasteiger charge is -2.19. The molecule has 17 heavy (non-hydrogen) atoms. The molecule has 0 heterocycles. The highest BCUT2D eigenvalue weighted by Gasteiger charge is 2.12. The zero-order valence-electron chi connectivity index (χ0n) is 11.5. The molecule has 0 aliphatic carbocycles. The quantitative estimate of drug-likeness (QED) is 0.597. The van der Waals surface area contributed by atoms with Crippen LogP contribution in [0.4, 0.5) is 0 Å². The smallest absolute Gasteiger partial charge is 0.0132 e. The van der Waals surface area contributed by atoms with Crippen LogP contribution in [0.2, 0.25) is 0 Å². The van der Waals surface area contributed by atoms with Gasteiger partial charge in [-0.05, 0) is 42.2 Å². The highest BCUT2D eigenvalue weighted by atomic mass is 14.2. The third-order valence-corrected chi connectivity index (χ3v) is 3.16. The first kappa shape index (κ1) is 14.0. The molecule has 0 saturated heterocycles. The molecular weight excluding hydrogens is 204 g/mol. The first-order valence-electron chi connectivity index (χ1n) is 6.67. The fraction of sp³-hybridized carbons (Fsp3) is 0.529. The lowest BCUT2D eigenvalue weighted by molar-refractivity contribution is 0.589. The van der Waals surface area contributed by atoms with Crippen molar-refractivity contribution in [2.24, 2.45) is 0 Å². The number of rotatable bonds is 6. The normalized spacial score (nSPS) is 11.5. The van der Waals surface area contributed by atoms with Gasteiger partial charge in [0.25, 0.3) is 0 Å². The summed E-state index contributed by atoms with van der Waals surface area (Å²) >= 11 is 0. The van der Waals surface area contributed by atoms with Crippen LogP contribution in [0, 0.1) is 6.58 Å². The summed E-state index contributed by atoms with van der Waals surface area (Å²) in [6, 6.07) is 9.08. The molecule has 1 radical (unpaired) electrons. The molecule has 0 aromatic heterocycles. The highest BCUT2D eigenvalue weighted by molar-refractivity contribution is 5.27. The summed E-state index contributed by atoms with van der Waals surface area (Å²) in [4.78, 5) is 0. The summed E-state index contributed by atoms with van der Waals surface area (Å²) in [5.74, 6) is 0. The van der Waals surface area contributed by atoms with Gasteiger partial charge in [0.2, 0.25) is 0 Å². The van der Waals surface area contributed by atoms with E-state index in [2.05, 4.69) is 45.0 Å². The lowest BCUT2D eigenvalue weighted by Crippen LogP contribution is -2.10. The van der Waals surface area contributed by atoms with E-state index in [0.717, 1.165) is 6.42 Å². The molecule has 0 nitrogen and oxygen atoms in total. The predicted molar refractivity (Wildman–Crippen MR) is 76.2 cm³/mol. The van der Waals surface area contributed by atoms with Crippen molar-refractivity contribution >= 4 is 0 Å². The molecule has 0 spiro atoms. The van der Waals surface area contributed by atoms with E-state index in [4.69, 9.17) is 6.58 Å². The van der Waals surface area contributed by atoms with E-state index in [1.165, 1.54) is 36.8 Å². The molecule has 0 N–H and O–H groups in total. The average Bonchev–Trinajstić information content (AvgIpc) is 2.28. The molecule has 0 aliphatic rings. The van der Waals surface area contributed by atoms with E-state index in [0.29, 0.717) is 0 Å². The van der Waals surface area contributed by atoms with E-state index in [1.54, 1.807) is 6.08 Å². The topological polar surface area (TPSA) is 0 Å². The number of allylic oxidation sites excluding steroid dienone is 1. The Kier molecular flexibility index (Phi) is 5.47. The molecule has 1 aromatic carbocycles. The minimum absolute atomic E-state index is 0.259. The van der Waals surface area contributed by atoms with Crippen LogP contribution in [0.5, 0.6) is 0 Å². The molecule has 93 valence electrons. The van der Waals surface area contributed by atoms with Gasteiger partial charge in [-0.15, -0.1) is 0 Å². The molecule has 1 rings (SSSR count). The maximum Gasteiger partial charge on any atom is -0.0132 e. The summed E-state index contributed by atoms with van der Waals surface area (Å²) < 4.78 is 0. The molecule has 0 saturated carbocycles. The van der Waals surface area contributed by atoms with Crippen molar-refractivity contribution in [1.82, 2.24) is 0 Å². The Balaban J connectivity index is 2.38. The Bertz CT molecular complexity index is 324. The largest absolute Gasteiger partial charge is 0.0845 e. The van der Waals surface area contributed by atoms with Gasteiger partial charge < -0.3 is 0 Å². The van der Waals surface area contributed by atoms with Gasteiger partial charge in [-0.2, -0.15) is 0 Å². The molecule has 0 bridgehead atoms. The molecule has 0 unspecified atom stereocenters. The van der Waals surface area contributed by atoms with Gasteiger partial charge in [-0.3, -0.25) is 0 Å². The Hall–Kier alpha value is -1.04. The SMILES string of the molecule is [CH]=CCCCCCc1ccc(C(C)(C)C)cc1. The van der Waals surface area contributed by atoms with Crippen LogP contribution in [-0.4, -0.2) is 0 Å². The van der Waals surface area contributed by atoms with Crippen LogP contribution >= 0.6 is 0 Å². The van der Waals surface area contributed by atoms with Crippen LogP contribution < -0.4 is 0 Å². The molecule has 0 heteroatoms. The fourth-order valence-electron chi connectivity index (χ4n) is 1.94. The molecule has 0 atom stereocenters. The second kappa shape index (κ2) is 6.64. The molecule has 1 aromatic rings. The third kappa shape index (κ3) is 5.21. The van der Waals surface area contributed by atoms with E-state index in [-0.39, 0.29) is 5.41 Å². The van der Waals surface area contributed by atoms with Gasteiger partial charge in [0.15, 0.2) is 0 Å². The molecule has 0 fully saturated rings. The first-order valence-corrected chi connectivity index (χ1v) is 6.67. The zero-order chi connectivity index (χ0) is 12.7. The summed E-state index contributed by atoms with van der Waals surface area (Å²) in [5, 5.41) is 0. The minimum atomic E-state index is 0.259. The van der Waals surface area contributed by atoms with Gasteiger partial charge >= 0.3 is 0 Å². The second-order valence-electron chi connectivity index (χ2n) is 5.78. The Morgan fingerprint density at radius 1 is 1.00 bits per heavy atom. The van der Waals surface area contributed by atoms with Crippen LogP contribution in [0.15, 0.2) is 30.3 Å². The maximum absolute atomic E-state index is 5.35. The Morgan fingerprint density at radius 2 is 1.65 bits per heavy atom. The van der Waals surface area contributed by atoms with Crippen molar-refractivity contribution in [2.45, 2.75) is 58.3 Å². The van der Waals surface area contributed by atoms with Crippen molar-refractivity contribution < 1.29 is 0 Å². The van der Waals surface area contributed by atoms with E-state index >= 15 is 0 Å². The molecule has 0 aliphatic heterocycles. The van der Waals surface area contributed by atoms with Crippen molar-refractivity contribution in [3.8, 4) is 0 Å². The van der Waals surface area contributed by atoms with Crippen LogP contribution in [0.3, 0.4) is 0 Å². The van der Waals surface area contributed by atoms with E-state index in [9.17, 15) is 0 Å². The predicted octanol–water partition coefficient (Wildman–Crippen LogP) is 5.08. The Morgan fingerprint density at radius 3 is 2.18 bits per heavy atom. The second-order valence-corrected chi connectivity index (χ2v) is 5.78. The van der Waals surface area contributed by atoms with Crippen molar-refractivity contribution in [2.75, 3.05) is 0 Å². The summed E-state index contributed by atoms with van der Waals surface area (Å²) in [5.41, 5.74) is 3.13. The fourth-order valence-corrected chi connectivity index (χ4v) is 1.94. The van der Waals surface area contributed by atoms with Crippen molar-refractivity contribution in [3.05, 3.63) is 48.0 Å². The maximum atomic E-state index is 5.35. The number of hydrogen-bond acceptors (Lipinski definition) is 0. The van der Waals surface area contributed by atoms with Crippen molar-refractivity contribution in [3.63, 3.8) is 0 Å². The number of unbranched alkanes of at least 4 members (excludes halogenated alkanes) is 3. The minimum Gasteiger partial charge on any atom is -0.0845 e. The lowest BCUT2D eigenvalue weighted by atomic mass is 9.86. The average molecular weight is 229 g/mol. The van der Waals surface area contributed by atoms with Gasteiger partial charge in [-0.1, -0.05) is 64.1 Å². The molecule has 0 amide bonds. The van der Waals surface area contributed by atoms with Crippen LogP contribution in [0.25, 0.3) is 0 Å². The summed E-state index contributed by atoms with van der Waals surface area (Å²) in [6.07, 6.45) is 7.75. The van der Waals surface area contributed by atoms with Gasteiger partial charge in [-0.25, -0.2) is 0 Å². The first-order chi connectivity index (χ1) is 8.04. The Labute approximate surface area is 107 Å². The number of aryl methyl sites for hydroxylation is 1. The summed E-state index contributed by atoms with van der Waals surface area (Å²) in [6.45, 7) is 12.1. The van der Waals surface area contributed by atoms with Gasteiger partial charge in [0.1, 0.15) is 0 Å². The van der Waals surface area contributed by atoms with Gasteiger partial charge in [0, 0.05) is 0 Å². The molecular formula is C17H25. The summed E-state index contributed by atoms with van der Waals surface area (Å²) in [7, 11) is 0. The standard InChI is InChI=1S/C17H25/c1-5-6-7-8-9-10-15-11-13-16(14-12-15)17(2,3)4/h1,5,11-14H,6-10H2,2-4H3. The van der Waals surface area contributed by atoms with Crippen LogP contribution in [0.1, 0.15) is 57.6 Å². The van der Waals surface area contributed by atoms with E-state index in [1.807, 2.05) is 0 Å². The van der Waals surface area contributed by atoms with Crippen LogP contribution in [-0.2, 0) is 11.8 Å².